The summed E-state index contributed by atoms with van der Waals surface area (Å²) in [4.78, 5) is 8.43. The first-order valence-corrected chi connectivity index (χ1v) is 6.69. The van der Waals surface area contributed by atoms with Gasteiger partial charge >= 0.3 is 0 Å². The highest BCUT2D eigenvalue weighted by Gasteiger charge is 2.11. The molecule has 19 heavy (non-hydrogen) atoms. The molecule has 0 saturated heterocycles. The van der Waals surface area contributed by atoms with E-state index >= 15 is 0 Å². The van der Waals surface area contributed by atoms with Crippen molar-refractivity contribution in [3.8, 4) is 11.4 Å². The highest BCUT2D eigenvalue weighted by atomic mass is 79.9. The van der Waals surface area contributed by atoms with E-state index in [1.165, 1.54) is 6.07 Å². The van der Waals surface area contributed by atoms with Crippen LogP contribution in [0.2, 0.25) is 5.15 Å². The molecule has 5 heteroatoms. The molecular formula is C14H7BrClFN2. The molecular weight excluding hydrogens is 331 g/mol. The van der Waals surface area contributed by atoms with Gasteiger partial charge in [-0.15, -0.1) is 0 Å². The van der Waals surface area contributed by atoms with Gasteiger partial charge in [0, 0.05) is 17.1 Å². The number of fused-ring (bicyclic) bond motifs is 1. The van der Waals surface area contributed by atoms with Crippen LogP contribution >= 0.6 is 27.5 Å². The van der Waals surface area contributed by atoms with Crippen LogP contribution in [-0.4, -0.2) is 9.97 Å². The molecule has 0 saturated carbocycles. The van der Waals surface area contributed by atoms with Crippen molar-refractivity contribution in [2.75, 3.05) is 0 Å². The Hall–Kier alpha value is -1.52. The van der Waals surface area contributed by atoms with Crippen molar-refractivity contribution in [1.29, 1.82) is 0 Å². The summed E-state index contributed by atoms with van der Waals surface area (Å²) in [6.45, 7) is 0. The zero-order chi connectivity index (χ0) is 13.4. The Morgan fingerprint density at radius 2 is 1.79 bits per heavy atom. The van der Waals surface area contributed by atoms with Gasteiger partial charge in [-0.3, -0.25) is 0 Å². The number of hydrogen-bond donors (Lipinski definition) is 0. The zero-order valence-corrected chi connectivity index (χ0v) is 11.9. The summed E-state index contributed by atoms with van der Waals surface area (Å²) in [6.07, 6.45) is 1.59. The zero-order valence-electron chi connectivity index (χ0n) is 9.57. The lowest BCUT2D eigenvalue weighted by atomic mass is 10.0. The smallest absolute Gasteiger partial charge is 0.161 e. The van der Waals surface area contributed by atoms with E-state index in [1.807, 2.05) is 12.1 Å². The van der Waals surface area contributed by atoms with Gasteiger partial charge in [0.25, 0.3) is 0 Å². The molecule has 0 amide bonds. The summed E-state index contributed by atoms with van der Waals surface area (Å²) >= 11 is 9.22. The maximum atomic E-state index is 13.8. The Balaban J connectivity index is 2.31. The SMILES string of the molecule is Fc1ccc(-c2ncc(Br)c(Cl)n2)c2ccccc12. The topological polar surface area (TPSA) is 25.8 Å². The van der Waals surface area contributed by atoms with Gasteiger partial charge in [-0.25, -0.2) is 14.4 Å². The van der Waals surface area contributed by atoms with E-state index in [0.29, 0.717) is 20.8 Å². The predicted octanol–water partition coefficient (Wildman–Crippen LogP) is 4.85. The molecule has 0 atom stereocenters. The van der Waals surface area contributed by atoms with Gasteiger partial charge in [0.1, 0.15) is 11.0 Å². The van der Waals surface area contributed by atoms with Crippen LogP contribution in [0, 0.1) is 5.82 Å². The standard InChI is InChI=1S/C14H7BrClFN2/c15-11-7-18-14(19-13(11)16)10-5-6-12(17)9-4-2-1-3-8(9)10/h1-7H. The van der Waals surface area contributed by atoms with Crippen LogP contribution in [0.25, 0.3) is 22.2 Å². The molecule has 0 bridgehead atoms. The Morgan fingerprint density at radius 3 is 2.53 bits per heavy atom. The lowest BCUT2D eigenvalue weighted by Crippen LogP contribution is -1.92. The maximum absolute atomic E-state index is 13.8. The predicted molar refractivity (Wildman–Crippen MR) is 77.6 cm³/mol. The van der Waals surface area contributed by atoms with Crippen molar-refractivity contribution in [1.82, 2.24) is 9.97 Å². The molecule has 0 spiro atoms. The monoisotopic (exact) mass is 336 g/mol. The summed E-state index contributed by atoms with van der Waals surface area (Å²) in [6, 6.07) is 10.3. The fraction of sp³-hybridized carbons (Fsp3) is 0. The Morgan fingerprint density at radius 1 is 1.05 bits per heavy atom. The molecule has 1 heterocycles. The van der Waals surface area contributed by atoms with Crippen molar-refractivity contribution in [3.63, 3.8) is 0 Å². The minimum absolute atomic E-state index is 0.262. The largest absolute Gasteiger partial charge is 0.235 e. The van der Waals surface area contributed by atoms with Gasteiger partial charge in [0.2, 0.25) is 0 Å². The van der Waals surface area contributed by atoms with E-state index in [-0.39, 0.29) is 5.82 Å². The molecule has 0 aliphatic rings. The van der Waals surface area contributed by atoms with E-state index in [9.17, 15) is 4.39 Å². The van der Waals surface area contributed by atoms with Gasteiger partial charge in [0.15, 0.2) is 5.82 Å². The summed E-state index contributed by atoms with van der Waals surface area (Å²) in [7, 11) is 0. The van der Waals surface area contributed by atoms with Crippen molar-refractivity contribution < 1.29 is 4.39 Å². The van der Waals surface area contributed by atoms with Crippen molar-refractivity contribution in [2.45, 2.75) is 0 Å². The molecule has 94 valence electrons. The maximum Gasteiger partial charge on any atom is 0.161 e. The molecule has 0 fully saturated rings. The number of nitrogens with zero attached hydrogens (tertiary/aromatic N) is 2. The molecule has 0 aliphatic heterocycles. The van der Waals surface area contributed by atoms with Gasteiger partial charge in [-0.2, -0.15) is 0 Å². The van der Waals surface area contributed by atoms with Crippen molar-refractivity contribution in [3.05, 3.63) is 58.0 Å². The number of halogens is 3. The lowest BCUT2D eigenvalue weighted by Gasteiger charge is -2.07. The third kappa shape index (κ3) is 2.22. The second kappa shape index (κ2) is 4.87. The molecule has 3 rings (SSSR count). The van der Waals surface area contributed by atoms with Crippen LogP contribution in [0.3, 0.4) is 0 Å². The summed E-state index contributed by atoms with van der Waals surface area (Å²) in [5, 5.41) is 1.64. The minimum atomic E-state index is -0.262. The first-order valence-electron chi connectivity index (χ1n) is 5.52. The number of hydrogen-bond acceptors (Lipinski definition) is 2. The Kier molecular flexibility index (Phi) is 3.21. The molecule has 0 N–H and O–H groups in total. The average Bonchev–Trinajstić information content (AvgIpc) is 2.43. The number of aromatic nitrogens is 2. The van der Waals surface area contributed by atoms with Crippen LogP contribution in [0.4, 0.5) is 4.39 Å². The molecule has 1 aromatic heterocycles. The van der Waals surface area contributed by atoms with Gasteiger partial charge in [-0.1, -0.05) is 35.9 Å². The van der Waals surface area contributed by atoms with E-state index < -0.39 is 0 Å². The fourth-order valence-electron chi connectivity index (χ4n) is 1.93. The first-order chi connectivity index (χ1) is 9.16. The van der Waals surface area contributed by atoms with Crippen LogP contribution in [-0.2, 0) is 0 Å². The summed E-state index contributed by atoms with van der Waals surface area (Å²) in [5.74, 6) is 0.215. The molecule has 0 unspecified atom stereocenters. The lowest BCUT2D eigenvalue weighted by molar-refractivity contribution is 0.640. The normalized spacial score (nSPS) is 10.9. The fourth-order valence-corrected chi connectivity index (χ4v) is 2.25. The highest BCUT2D eigenvalue weighted by molar-refractivity contribution is 9.10. The van der Waals surface area contributed by atoms with E-state index in [4.69, 9.17) is 11.6 Å². The van der Waals surface area contributed by atoms with E-state index in [0.717, 1.165) is 10.9 Å². The minimum Gasteiger partial charge on any atom is -0.235 e. The molecule has 2 aromatic carbocycles. The van der Waals surface area contributed by atoms with Crippen LogP contribution in [0.15, 0.2) is 47.1 Å². The molecule has 0 aliphatic carbocycles. The summed E-state index contributed by atoms with van der Waals surface area (Å²) < 4.78 is 14.4. The highest BCUT2D eigenvalue weighted by Crippen LogP contribution is 2.30. The van der Waals surface area contributed by atoms with Gasteiger partial charge in [0.05, 0.1) is 4.47 Å². The van der Waals surface area contributed by atoms with Crippen molar-refractivity contribution in [2.24, 2.45) is 0 Å². The Bertz CT molecular complexity index is 776. The second-order valence-corrected chi connectivity index (χ2v) is 5.19. The second-order valence-electron chi connectivity index (χ2n) is 3.97. The quantitative estimate of drug-likeness (QED) is 0.593. The summed E-state index contributed by atoms with van der Waals surface area (Å²) in [5.41, 5.74) is 0.756. The number of benzene rings is 2. The number of rotatable bonds is 1. The van der Waals surface area contributed by atoms with E-state index in [1.54, 1.807) is 24.4 Å². The third-order valence-electron chi connectivity index (χ3n) is 2.81. The molecule has 0 radical (unpaired) electrons. The van der Waals surface area contributed by atoms with Crippen LogP contribution in [0.5, 0.6) is 0 Å². The molecule has 3 aromatic rings. The van der Waals surface area contributed by atoms with Crippen LogP contribution < -0.4 is 0 Å². The Labute approximate surface area is 122 Å². The van der Waals surface area contributed by atoms with Crippen LogP contribution in [0.1, 0.15) is 0 Å². The molecule has 2 nitrogen and oxygen atoms in total. The van der Waals surface area contributed by atoms with Gasteiger partial charge in [-0.05, 0) is 33.4 Å². The average molecular weight is 338 g/mol. The third-order valence-corrected chi connectivity index (χ3v) is 3.91. The first kappa shape index (κ1) is 12.5. The van der Waals surface area contributed by atoms with E-state index in [2.05, 4.69) is 25.9 Å². The van der Waals surface area contributed by atoms with Gasteiger partial charge < -0.3 is 0 Å². The van der Waals surface area contributed by atoms with Crippen molar-refractivity contribution >= 4 is 38.3 Å².